The maximum atomic E-state index is 12.7. The van der Waals surface area contributed by atoms with Gasteiger partial charge < -0.3 is 14.6 Å². The number of allylic oxidation sites excluding steroid dienone is 1. The second-order valence-corrected chi connectivity index (χ2v) is 8.16. The first-order valence-corrected chi connectivity index (χ1v) is 8.44. The number of aliphatic hydroxyl groups is 1. The quantitative estimate of drug-likeness (QED) is 0.800. The number of carbonyl (C=O) groups is 2. The van der Waals surface area contributed by atoms with E-state index in [1.807, 2.05) is 19.9 Å². The number of ether oxygens (including phenoxy) is 2. The Hall–Kier alpha value is -1.20. The van der Waals surface area contributed by atoms with Gasteiger partial charge in [-0.15, -0.1) is 0 Å². The molecule has 0 aromatic carbocycles. The van der Waals surface area contributed by atoms with Gasteiger partial charge in [0.1, 0.15) is 0 Å². The monoisotopic (exact) mass is 320 g/mol. The molecule has 126 valence electrons. The van der Waals surface area contributed by atoms with Crippen molar-refractivity contribution >= 4 is 11.8 Å². The van der Waals surface area contributed by atoms with Gasteiger partial charge in [-0.1, -0.05) is 13.0 Å². The second kappa shape index (κ2) is 4.45. The minimum Gasteiger partial charge on any atom is -0.469 e. The van der Waals surface area contributed by atoms with Crippen molar-refractivity contribution in [2.45, 2.75) is 57.3 Å². The van der Waals surface area contributed by atoms with E-state index >= 15 is 0 Å². The van der Waals surface area contributed by atoms with Crippen LogP contribution in [0.2, 0.25) is 0 Å². The lowest BCUT2D eigenvalue weighted by Gasteiger charge is -2.57. The summed E-state index contributed by atoms with van der Waals surface area (Å²) in [6.07, 6.45) is 5.37. The number of rotatable bonds is 3. The molecule has 2 saturated carbocycles. The molecule has 2 unspecified atom stereocenters. The summed E-state index contributed by atoms with van der Waals surface area (Å²) in [7, 11) is 1.36. The molecule has 7 atom stereocenters. The molecule has 5 rings (SSSR count). The van der Waals surface area contributed by atoms with Crippen LogP contribution in [0.25, 0.3) is 0 Å². The molecular weight excluding hydrogens is 296 g/mol. The van der Waals surface area contributed by atoms with Crippen LogP contribution in [-0.2, 0) is 19.1 Å². The first-order chi connectivity index (χ1) is 10.8. The number of hydrogen-bond acceptors (Lipinski definition) is 5. The van der Waals surface area contributed by atoms with E-state index in [1.54, 1.807) is 6.08 Å². The molecule has 5 heteroatoms. The van der Waals surface area contributed by atoms with E-state index < -0.39 is 17.1 Å². The summed E-state index contributed by atoms with van der Waals surface area (Å²) in [5.74, 6) is 0.00914. The van der Waals surface area contributed by atoms with Crippen LogP contribution in [0.1, 0.15) is 39.5 Å². The lowest BCUT2D eigenvalue weighted by molar-refractivity contribution is -0.219. The fraction of sp³-hybridized carbons (Fsp3) is 0.778. The third-order valence-corrected chi connectivity index (χ3v) is 7.21. The normalized spacial score (nSPS) is 52.8. The minimum atomic E-state index is -0.689. The Balaban J connectivity index is 1.75. The molecule has 2 saturated heterocycles. The number of carbonyl (C=O) groups excluding carboxylic acids is 2. The molecule has 1 N–H and O–H groups in total. The highest BCUT2D eigenvalue weighted by Crippen LogP contribution is 2.71. The van der Waals surface area contributed by atoms with Gasteiger partial charge in [0.2, 0.25) is 0 Å². The zero-order valence-electron chi connectivity index (χ0n) is 13.9. The van der Waals surface area contributed by atoms with Crippen LogP contribution in [0.4, 0.5) is 0 Å². The van der Waals surface area contributed by atoms with E-state index in [0.717, 1.165) is 12.8 Å². The van der Waals surface area contributed by atoms with Crippen LogP contribution < -0.4 is 0 Å². The van der Waals surface area contributed by atoms with Crippen LogP contribution in [0.3, 0.4) is 0 Å². The zero-order valence-corrected chi connectivity index (χ0v) is 13.9. The van der Waals surface area contributed by atoms with E-state index in [-0.39, 0.29) is 35.6 Å². The van der Waals surface area contributed by atoms with E-state index in [9.17, 15) is 14.7 Å². The van der Waals surface area contributed by atoms with Gasteiger partial charge in [-0.3, -0.25) is 9.59 Å². The molecule has 1 spiro atoms. The molecule has 2 aliphatic heterocycles. The summed E-state index contributed by atoms with van der Waals surface area (Å²) in [5.41, 5.74) is -1.57. The fourth-order valence-corrected chi connectivity index (χ4v) is 6.06. The fourth-order valence-electron chi connectivity index (χ4n) is 6.06. The summed E-state index contributed by atoms with van der Waals surface area (Å²) in [4.78, 5) is 24.3. The summed E-state index contributed by atoms with van der Waals surface area (Å²) in [6, 6.07) is 0. The molecule has 5 nitrogen and oxygen atoms in total. The number of esters is 1. The Kier molecular flexibility index (Phi) is 2.97. The van der Waals surface area contributed by atoms with Gasteiger partial charge in [-0.05, 0) is 38.2 Å². The molecule has 4 fully saturated rings. The summed E-state index contributed by atoms with van der Waals surface area (Å²) in [6.45, 7) is 3.93. The number of methoxy groups -OCH3 is 1. The van der Waals surface area contributed by atoms with Gasteiger partial charge in [-0.25, -0.2) is 0 Å². The Bertz CT molecular complexity index is 613. The average molecular weight is 320 g/mol. The lowest BCUT2D eigenvalue weighted by Crippen LogP contribution is -2.62. The van der Waals surface area contributed by atoms with Crippen molar-refractivity contribution in [2.24, 2.45) is 22.7 Å². The predicted octanol–water partition coefficient (Wildman–Crippen LogP) is 1.63. The SMILES string of the molecule is COC(=O)CC[C@]1(C)C(=O)C=C[C@]23CC4C[C@H](O[C@]4(C)[C@@H]2O)C13. The Morgan fingerprint density at radius 1 is 1.48 bits per heavy atom. The molecule has 0 aromatic heterocycles. The predicted molar refractivity (Wildman–Crippen MR) is 81.4 cm³/mol. The van der Waals surface area contributed by atoms with Crippen molar-refractivity contribution in [3.8, 4) is 0 Å². The van der Waals surface area contributed by atoms with Crippen LogP contribution in [-0.4, -0.2) is 41.8 Å². The molecular formula is C18H24O5. The van der Waals surface area contributed by atoms with Gasteiger partial charge >= 0.3 is 5.97 Å². The minimum absolute atomic E-state index is 0.0151. The maximum absolute atomic E-state index is 12.7. The van der Waals surface area contributed by atoms with E-state index in [1.165, 1.54) is 7.11 Å². The highest BCUT2D eigenvalue weighted by atomic mass is 16.5. The molecule has 23 heavy (non-hydrogen) atoms. The van der Waals surface area contributed by atoms with Crippen LogP contribution in [0, 0.1) is 22.7 Å². The number of aliphatic hydroxyl groups excluding tert-OH is 1. The highest BCUT2D eigenvalue weighted by molar-refractivity contribution is 5.96. The smallest absolute Gasteiger partial charge is 0.305 e. The van der Waals surface area contributed by atoms with Crippen molar-refractivity contribution in [2.75, 3.05) is 7.11 Å². The van der Waals surface area contributed by atoms with Gasteiger partial charge in [0, 0.05) is 23.2 Å². The topological polar surface area (TPSA) is 72.8 Å². The van der Waals surface area contributed by atoms with Crippen molar-refractivity contribution in [3.05, 3.63) is 12.2 Å². The van der Waals surface area contributed by atoms with Crippen LogP contribution in [0.5, 0.6) is 0 Å². The zero-order chi connectivity index (χ0) is 16.6. The van der Waals surface area contributed by atoms with Gasteiger partial charge in [0.25, 0.3) is 0 Å². The van der Waals surface area contributed by atoms with Gasteiger partial charge in [-0.2, -0.15) is 0 Å². The van der Waals surface area contributed by atoms with Crippen LogP contribution >= 0.6 is 0 Å². The van der Waals surface area contributed by atoms with Crippen molar-refractivity contribution < 1.29 is 24.2 Å². The van der Waals surface area contributed by atoms with Crippen molar-refractivity contribution in [1.82, 2.24) is 0 Å². The number of ketones is 1. The van der Waals surface area contributed by atoms with E-state index in [0.29, 0.717) is 12.3 Å². The van der Waals surface area contributed by atoms with Gasteiger partial charge in [0.05, 0.1) is 24.9 Å². The van der Waals surface area contributed by atoms with Gasteiger partial charge in [0.15, 0.2) is 5.78 Å². The molecule has 3 aliphatic carbocycles. The van der Waals surface area contributed by atoms with Crippen molar-refractivity contribution in [3.63, 3.8) is 0 Å². The standard InChI is InChI=1S/C18H24O5/c1-16(6-5-13(20)22-3)12(19)4-7-18-9-10-8-11(14(16)18)23-17(10,2)15(18)21/h4,7,10-11,14-15,21H,5-6,8-9H2,1-3H3/t10?,11-,14?,15-,16+,17-,18+/m0/s1. The summed E-state index contributed by atoms with van der Waals surface area (Å²) in [5, 5.41) is 11.0. The van der Waals surface area contributed by atoms with E-state index in [2.05, 4.69) is 0 Å². The molecule has 0 amide bonds. The highest BCUT2D eigenvalue weighted by Gasteiger charge is 2.76. The Morgan fingerprint density at radius 3 is 2.87 bits per heavy atom. The molecule has 5 aliphatic rings. The molecule has 0 radical (unpaired) electrons. The summed E-state index contributed by atoms with van der Waals surface area (Å²) >= 11 is 0. The van der Waals surface area contributed by atoms with Crippen molar-refractivity contribution in [1.29, 1.82) is 0 Å². The number of hydrogen-bond donors (Lipinski definition) is 1. The van der Waals surface area contributed by atoms with E-state index in [4.69, 9.17) is 9.47 Å². The Morgan fingerprint density at radius 2 is 2.22 bits per heavy atom. The third kappa shape index (κ3) is 1.65. The average Bonchev–Trinajstić information content (AvgIpc) is 2.87. The lowest BCUT2D eigenvalue weighted by atomic mass is 9.50. The molecule has 4 bridgehead atoms. The maximum Gasteiger partial charge on any atom is 0.305 e. The summed E-state index contributed by atoms with van der Waals surface area (Å²) < 4.78 is 11.0. The second-order valence-electron chi connectivity index (χ2n) is 8.16. The first kappa shape index (κ1) is 15.3. The first-order valence-electron chi connectivity index (χ1n) is 8.44. The third-order valence-electron chi connectivity index (χ3n) is 7.21. The largest absolute Gasteiger partial charge is 0.469 e. The van der Waals surface area contributed by atoms with Crippen LogP contribution in [0.15, 0.2) is 12.2 Å². The molecule has 2 heterocycles. The Labute approximate surface area is 136 Å². The molecule has 0 aromatic rings.